The summed E-state index contributed by atoms with van der Waals surface area (Å²) in [5.41, 5.74) is 37.3. The molecule has 680 valence electrons. The number of carbonyl (C=O) groups is 2. The second-order valence-corrected chi connectivity index (χ2v) is 41.2. The number of hydrogen-bond acceptors (Lipinski definition) is 26. The lowest BCUT2D eigenvalue weighted by molar-refractivity contribution is 0.00759. The molecule has 5 saturated heterocycles. The van der Waals surface area contributed by atoms with Gasteiger partial charge in [0.15, 0.2) is 5.88 Å². The minimum absolute atomic E-state index is 0.00754. The third kappa shape index (κ3) is 25.1. The van der Waals surface area contributed by atoms with Gasteiger partial charge in [0.2, 0.25) is 0 Å². The van der Waals surface area contributed by atoms with Crippen LogP contribution in [0.2, 0.25) is 0 Å². The van der Waals surface area contributed by atoms with E-state index in [1.807, 2.05) is 39.8 Å². The lowest BCUT2D eigenvalue weighted by atomic mass is 10.1. The van der Waals surface area contributed by atoms with Gasteiger partial charge in [-0.05, 0) is 150 Å². The lowest BCUT2D eigenvalue weighted by Gasteiger charge is -2.28. The van der Waals surface area contributed by atoms with Crippen molar-refractivity contribution in [2.75, 3.05) is 99.0 Å². The second-order valence-electron chi connectivity index (χ2n) is 33.0. The molecule has 15 rings (SSSR count). The molecule has 10 aliphatic rings. The summed E-state index contributed by atoms with van der Waals surface area (Å²) >= 11 is 0. The molecule has 5 atom stereocenters. The van der Waals surface area contributed by atoms with Gasteiger partial charge in [-0.1, -0.05) is 94.1 Å². The van der Waals surface area contributed by atoms with Gasteiger partial charge in [-0.15, -0.1) is 22.0 Å². The minimum Gasteiger partial charge on any atom is -0.492 e. The topological polar surface area (TPSA) is 492 Å². The van der Waals surface area contributed by atoms with E-state index < -0.39 is 50.1 Å². The molecule has 12 N–H and O–H groups in total. The molecule has 5 fully saturated rings. The fourth-order valence-corrected chi connectivity index (χ4v) is 21.8. The zero-order valence-electron chi connectivity index (χ0n) is 71.9. The zero-order chi connectivity index (χ0) is 90.5. The standard InChI is InChI=1S/C19H27N3O4S.C18H25N3O3S.C17H23N3O3S.C16H22N4O4S.C15H20N4O4S/c1-13(26-19(2,3)4)22-9-8-14(10-22)11-25-16-7-5-6-15-12-27(23,24)21-18(20)17(15)16;1-3-5-13(2)21-9-8-14(10-21)11-24-16-7-4-6-15-12-25(22,23)20-18(19)17(15)16;1-3-12(2)20-8-7-13(9-20)10-23-15-6-4-5-14-11-24(21,22)19-17(18)16(14)15;1-2-18-16(21)20-8-4-6-12(20)9-24-13-7-3-5-11-10-25(22,23)19-15(17)14(11)13;1-17-15(20)19-7-3-5-11(19)8-23-12-6-2-4-10-9-24(21,22)18-14(16)13(10)12/h5-7,14H,1,8-12H2,2-4H3,(H2,20,21);4,6-7,14H,2-3,5,8-12H2,1H3,(H2,19,20);4-6,13H,2-3,7-11H2,1H3,(H2,18,19);3,5,7,12H,2,4,6,8-10H2,1H3,(H2,17,19)(H,18,21);2,4,6,11H,3,5,7-9H2,1H3,(H2,16,18)(H,17,20)/t;;;12-;11-/m...11/s1. The Morgan fingerprint density at radius 1 is 0.424 bits per heavy atom. The minimum atomic E-state index is -3.57. The van der Waals surface area contributed by atoms with Crippen molar-refractivity contribution in [2.24, 2.45) is 68.4 Å². The van der Waals surface area contributed by atoms with Crippen LogP contribution in [0.4, 0.5) is 9.59 Å². The van der Waals surface area contributed by atoms with Crippen molar-refractivity contribution in [3.05, 3.63) is 184 Å². The molecule has 35 nitrogen and oxygen atoms in total. The number of amidine groups is 5. The second kappa shape index (κ2) is 40.6. The Morgan fingerprint density at radius 3 is 1.02 bits per heavy atom. The molecule has 0 saturated carbocycles. The molecular weight excluding hydrogens is 1710 g/mol. The fourth-order valence-electron chi connectivity index (χ4n) is 16.4. The Labute approximate surface area is 734 Å². The van der Waals surface area contributed by atoms with Crippen molar-refractivity contribution >= 4 is 91.4 Å². The molecule has 5 aromatic rings. The summed E-state index contributed by atoms with van der Waals surface area (Å²) in [5.74, 6) is 3.77. The summed E-state index contributed by atoms with van der Waals surface area (Å²) in [6, 6.07) is 26.2. The van der Waals surface area contributed by atoms with E-state index in [4.69, 9.17) is 57.1 Å². The SMILES string of the molecule is C=C(CC)N1CCC(COc2cccc3c2C(N)=NS(=O)(=O)C3)C1.C=C(CCC)N1CCC(COc2cccc3c2C(N)=NS(=O)(=O)C3)C1.C=C(OC(C)(C)C)N1CCC(COc2cccc3c2C(N)=NS(=O)(=O)C3)C1.CCNC(=O)N1CCC[C@@H]1COc1cccc2c1C(N)=NS(=O)(=O)C2.CNC(=O)N1CCC[C@@H]1COc1cccc2c1C(N)=NS(=O)(=O)C2. The van der Waals surface area contributed by atoms with Crippen LogP contribution in [-0.2, 0) is 83.6 Å². The molecule has 10 heterocycles. The number of ether oxygens (including phenoxy) is 6. The number of benzene rings is 5. The van der Waals surface area contributed by atoms with E-state index in [9.17, 15) is 51.7 Å². The van der Waals surface area contributed by atoms with E-state index >= 15 is 0 Å². The van der Waals surface area contributed by atoms with Crippen LogP contribution in [0.15, 0.2) is 150 Å². The van der Waals surface area contributed by atoms with Crippen molar-refractivity contribution in [1.29, 1.82) is 0 Å². The van der Waals surface area contributed by atoms with Crippen LogP contribution in [0.5, 0.6) is 28.7 Å². The lowest BCUT2D eigenvalue weighted by Crippen LogP contribution is -2.45. The summed E-state index contributed by atoms with van der Waals surface area (Å²) in [4.78, 5) is 34.2. The number of urea groups is 2. The molecule has 4 amide bonds. The summed E-state index contributed by atoms with van der Waals surface area (Å²) in [6.07, 6.45) is 9.78. The molecule has 3 unspecified atom stereocenters. The van der Waals surface area contributed by atoms with E-state index in [1.165, 1.54) is 5.70 Å². The molecule has 5 aromatic carbocycles. The average molecular weight is 1830 g/mol. The zero-order valence-corrected chi connectivity index (χ0v) is 76.0. The maximum absolute atomic E-state index is 12.1. The highest BCUT2D eigenvalue weighted by Crippen LogP contribution is 2.37. The van der Waals surface area contributed by atoms with Crippen molar-refractivity contribution in [3.63, 3.8) is 0 Å². The van der Waals surface area contributed by atoms with Gasteiger partial charge in [0.05, 0.1) is 88.5 Å². The number of hydrogen-bond donors (Lipinski definition) is 7. The summed E-state index contributed by atoms with van der Waals surface area (Å²) < 4.78 is 171. The van der Waals surface area contributed by atoms with Crippen molar-refractivity contribution in [1.82, 2.24) is 35.1 Å². The molecule has 0 aromatic heterocycles. The predicted molar refractivity (Wildman–Crippen MR) is 482 cm³/mol. The average Bonchev–Trinajstić information content (AvgIpc) is 1.77. The van der Waals surface area contributed by atoms with Gasteiger partial charge in [0.25, 0.3) is 50.1 Å². The maximum Gasteiger partial charge on any atom is 0.317 e. The van der Waals surface area contributed by atoms with E-state index in [1.54, 1.807) is 95.7 Å². The first-order chi connectivity index (χ1) is 59.1. The molecule has 0 radical (unpaired) electrons. The smallest absolute Gasteiger partial charge is 0.317 e. The quantitative estimate of drug-likeness (QED) is 0.0310. The number of fused-ring (bicyclic) bond motifs is 5. The van der Waals surface area contributed by atoms with Gasteiger partial charge < -0.3 is 92.2 Å². The van der Waals surface area contributed by atoms with Crippen LogP contribution in [0.25, 0.3) is 0 Å². The first kappa shape index (κ1) is 94.8. The van der Waals surface area contributed by atoms with Gasteiger partial charge in [-0.3, -0.25) is 0 Å². The fraction of sp³-hybridized carbons (Fsp3) is 0.494. The predicted octanol–water partition coefficient (Wildman–Crippen LogP) is 7.56. The van der Waals surface area contributed by atoms with Gasteiger partial charge in [-0.2, -0.15) is 0 Å². The number of likely N-dealkylation sites (tertiary alicyclic amines) is 5. The Bertz CT molecular complexity index is 5640. The van der Waals surface area contributed by atoms with Gasteiger partial charge in [0.1, 0.15) is 76.7 Å². The van der Waals surface area contributed by atoms with Gasteiger partial charge in [-0.25, -0.2) is 51.7 Å². The van der Waals surface area contributed by atoms with Crippen molar-refractivity contribution in [3.8, 4) is 28.7 Å². The Morgan fingerprint density at radius 2 is 0.720 bits per heavy atom. The first-order valence-corrected chi connectivity index (χ1v) is 49.9. The molecule has 0 spiro atoms. The van der Waals surface area contributed by atoms with E-state index in [0.717, 1.165) is 109 Å². The highest BCUT2D eigenvalue weighted by molar-refractivity contribution is 7.90. The normalized spacial score (nSPS) is 21.6. The van der Waals surface area contributed by atoms with E-state index in [0.29, 0.717) is 161 Å². The number of amides is 4. The summed E-state index contributed by atoms with van der Waals surface area (Å²) in [6.45, 7) is 34.3. The number of nitrogens with two attached hydrogens (primary N) is 5. The molecule has 40 heteroatoms. The first-order valence-electron chi connectivity index (χ1n) is 41.8. The number of carbonyl (C=O) groups excluding carboxylic acids is 2. The van der Waals surface area contributed by atoms with Crippen LogP contribution < -0.4 is 63.0 Å². The van der Waals surface area contributed by atoms with Gasteiger partial charge >= 0.3 is 12.1 Å². The largest absolute Gasteiger partial charge is 0.492 e. The van der Waals surface area contributed by atoms with Crippen LogP contribution in [-0.4, -0.2) is 224 Å². The molecule has 0 aliphatic carbocycles. The Kier molecular flexibility index (Phi) is 30.8. The highest BCUT2D eigenvalue weighted by Gasteiger charge is 2.37. The Hall–Kier alpha value is -10.8. The molecular formula is C85H117N17O18S5. The van der Waals surface area contributed by atoms with Crippen LogP contribution >= 0.6 is 0 Å². The number of sulfonamides is 5. The van der Waals surface area contributed by atoms with E-state index in [2.05, 4.69) is 80.9 Å². The summed E-state index contributed by atoms with van der Waals surface area (Å²) in [7, 11) is -16.1. The highest BCUT2D eigenvalue weighted by atomic mass is 32.2. The Balaban J connectivity index is 0.000000152. The third-order valence-corrected chi connectivity index (χ3v) is 28.1. The molecule has 125 heavy (non-hydrogen) atoms. The molecule has 0 bridgehead atoms. The number of nitrogens with one attached hydrogen (secondary N) is 2. The number of rotatable bonds is 23. The summed E-state index contributed by atoms with van der Waals surface area (Å²) in [5, 5.41) is 5.43. The van der Waals surface area contributed by atoms with Crippen LogP contribution in [0.3, 0.4) is 0 Å². The van der Waals surface area contributed by atoms with Crippen molar-refractivity contribution < 1.29 is 80.1 Å². The monoisotopic (exact) mass is 1820 g/mol. The van der Waals surface area contributed by atoms with Gasteiger partial charge in [0, 0.05) is 95.1 Å². The molecule has 10 aliphatic heterocycles. The van der Waals surface area contributed by atoms with Crippen LogP contribution in [0, 0.1) is 17.8 Å². The van der Waals surface area contributed by atoms with E-state index in [-0.39, 0.29) is 87.7 Å². The van der Waals surface area contributed by atoms with Crippen LogP contribution in [0.1, 0.15) is 161 Å². The van der Waals surface area contributed by atoms with Crippen molar-refractivity contribution in [2.45, 2.75) is 152 Å². The number of nitrogens with zero attached hydrogens (tertiary/aromatic N) is 10. The third-order valence-electron chi connectivity index (χ3n) is 22.3. The maximum atomic E-state index is 12.1. The number of allylic oxidation sites excluding steroid dienone is 2.